The third-order valence-corrected chi connectivity index (χ3v) is 4.63. The van der Waals surface area contributed by atoms with Crippen molar-refractivity contribution in [2.24, 2.45) is 0 Å². The lowest BCUT2D eigenvalue weighted by molar-refractivity contribution is 0.0533. The standard InChI is InChI=1S/C20H17N3O4/c24-18(15-5-3-7-21-13-15)22-8-10-23(11-9-22)19(25)16-12-14-4-1-2-6-17(14)27-20(16)26/h1-7,12-13H,8-11H2. The number of rotatable bonds is 2. The van der Waals surface area contributed by atoms with Gasteiger partial charge in [0.05, 0.1) is 5.56 Å². The van der Waals surface area contributed by atoms with Gasteiger partial charge in [-0.15, -0.1) is 0 Å². The predicted molar refractivity (Wildman–Crippen MR) is 98.5 cm³/mol. The minimum Gasteiger partial charge on any atom is -0.422 e. The van der Waals surface area contributed by atoms with Crippen LogP contribution in [0.4, 0.5) is 0 Å². The first-order valence-corrected chi connectivity index (χ1v) is 8.65. The van der Waals surface area contributed by atoms with E-state index in [1.807, 2.05) is 6.07 Å². The molecular weight excluding hydrogens is 346 g/mol. The Labute approximate surface area is 154 Å². The summed E-state index contributed by atoms with van der Waals surface area (Å²) >= 11 is 0. The summed E-state index contributed by atoms with van der Waals surface area (Å²) in [5.74, 6) is -0.483. The lowest BCUT2D eigenvalue weighted by atomic mass is 10.1. The van der Waals surface area contributed by atoms with Gasteiger partial charge in [0.2, 0.25) is 0 Å². The minimum atomic E-state index is -0.646. The molecule has 7 heteroatoms. The maximum absolute atomic E-state index is 12.8. The maximum atomic E-state index is 12.8. The lowest BCUT2D eigenvalue weighted by Gasteiger charge is -2.34. The van der Waals surface area contributed by atoms with Crippen LogP contribution in [0.15, 0.2) is 64.1 Å². The van der Waals surface area contributed by atoms with Crippen LogP contribution in [-0.2, 0) is 0 Å². The van der Waals surface area contributed by atoms with Crippen molar-refractivity contribution in [1.82, 2.24) is 14.8 Å². The van der Waals surface area contributed by atoms with Crippen molar-refractivity contribution in [2.75, 3.05) is 26.2 Å². The number of hydrogen-bond acceptors (Lipinski definition) is 5. The summed E-state index contributed by atoms with van der Waals surface area (Å²) in [4.78, 5) is 44.6. The van der Waals surface area contributed by atoms with Gasteiger partial charge in [0.15, 0.2) is 0 Å². The van der Waals surface area contributed by atoms with Crippen LogP contribution in [0.1, 0.15) is 20.7 Å². The average molecular weight is 363 g/mol. The molecular formula is C20H17N3O4. The van der Waals surface area contributed by atoms with Gasteiger partial charge in [-0.1, -0.05) is 18.2 Å². The molecule has 1 aliphatic heterocycles. The zero-order valence-corrected chi connectivity index (χ0v) is 14.5. The molecule has 1 aliphatic rings. The molecule has 136 valence electrons. The first kappa shape index (κ1) is 17.0. The number of piperazine rings is 1. The highest BCUT2D eigenvalue weighted by Crippen LogP contribution is 2.15. The topological polar surface area (TPSA) is 83.7 Å². The number of aromatic nitrogens is 1. The number of amides is 2. The second-order valence-corrected chi connectivity index (χ2v) is 6.31. The van der Waals surface area contributed by atoms with Crippen LogP contribution in [0.2, 0.25) is 0 Å². The first-order chi connectivity index (χ1) is 13.1. The van der Waals surface area contributed by atoms with E-state index in [0.29, 0.717) is 42.7 Å². The van der Waals surface area contributed by atoms with Crippen LogP contribution in [-0.4, -0.2) is 52.8 Å². The second kappa shape index (κ2) is 7.03. The second-order valence-electron chi connectivity index (χ2n) is 6.31. The molecule has 1 saturated heterocycles. The zero-order chi connectivity index (χ0) is 18.8. The predicted octanol–water partition coefficient (Wildman–Crippen LogP) is 1.79. The molecule has 0 aliphatic carbocycles. The summed E-state index contributed by atoms with van der Waals surface area (Å²) in [5.41, 5.74) is 0.340. The number of fused-ring (bicyclic) bond motifs is 1. The van der Waals surface area contributed by atoms with E-state index in [-0.39, 0.29) is 17.4 Å². The Kier molecular flexibility index (Phi) is 4.42. The van der Waals surface area contributed by atoms with Gasteiger partial charge in [0.25, 0.3) is 11.8 Å². The van der Waals surface area contributed by atoms with E-state index < -0.39 is 5.63 Å². The molecule has 0 atom stereocenters. The third kappa shape index (κ3) is 3.31. The summed E-state index contributed by atoms with van der Waals surface area (Å²) in [7, 11) is 0. The van der Waals surface area contributed by atoms with Crippen LogP contribution in [0.25, 0.3) is 11.0 Å². The number of pyridine rings is 1. The highest BCUT2D eigenvalue weighted by molar-refractivity contribution is 5.97. The van der Waals surface area contributed by atoms with E-state index in [4.69, 9.17) is 4.42 Å². The Morgan fingerprint density at radius 1 is 0.926 bits per heavy atom. The Bertz CT molecular complexity index is 1050. The smallest absolute Gasteiger partial charge is 0.349 e. The van der Waals surface area contributed by atoms with Gasteiger partial charge < -0.3 is 14.2 Å². The molecule has 0 N–H and O–H groups in total. The zero-order valence-electron chi connectivity index (χ0n) is 14.5. The first-order valence-electron chi connectivity index (χ1n) is 8.65. The van der Waals surface area contributed by atoms with Gasteiger partial charge in [0, 0.05) is 44.0 Å². The largest absolute Gasteiger partial charge is 0.422 e. The van der Waals surface area contributed by atoms with Crippen LogP contribution in [0.3, 0.4) is 0 Å². The Morgan fingerprint density at radius 3 is 2.33 bits per heavy atom. The average Bonchev–Trinajstić information content (AvgIpc) is 2.73. The molecule has 0 bridgehead atoms. The Balaban J connectivity index is 1.48. The molecule has 1 aromatic carbocycles. The van der Waals surface area contributed by atoms with Crippen molar-refractivity contribution in [3.05, 3.63) is 76.4 Å². The van der Waals surface area contributed by atoms with Crippen LogP contribution >= 0.6 is 0 Å². The van der Waals surface area contributed by atoms with Crippen molar-refractivity contribution < 1.29 is 14.0 Å². The van der Waals surface area contributed by atoms with Crippen molar-refractivity contribution in [3.63, 3.8) is 0 Å². The fourth-order valence-electron chi connectivity index (χ4n) is 3.17. The highest BCUT2D eigenvalue weighted by Gasteiger charge is 2.27. The van der Waals surface area contributed by atoms with Gasteiger partial charge >= 0.3 is 5.63 Å². The van der Waals surface area contributed by atoms with Gasteiger partial charge in [0.1, 0.15) is 11.1 Å². The van der Waals surface area contributed by atoms with Crippen LogP contribution in [0, 0.1) is 0 Å². The molecule has 2 aromatic heterocycles. The highest BCUT2D eigenvalue weighted by atomic mass is 16.4. The molecule has 7 nitrogen and oxygen atoms in total. The van der Waals surface area contributed by atoms with Gasteiger partial charge in [-0.25, -0.2) is 4.79 Å². The molecule has 2 amide bonds. The third-order valence-electron chi connectivity index (χ3n) is 4.63. The monoisotopic (exact) mass is 363 g/mol. The quantitative estimate of drug-likeness (QED) is 0.648. The number of carbonyl (C=O) groups excluding carboxylic acids is 2. The van der Waals surface area contributed by atoms with Crippen molar-refractivity contribution in [3.8, 4) is 0 Å². The molecule has 3 aromatic rings. The summed E-state index contributed by atoms with van der Waals surface area (Å²) in [5, 5.41) is 0.700. The summed E-state index contributed by atoms with van der Waals surface area (Å²) < 4.78 is 5.25. The van der Waals surface area contributed by atoms with Crippen molar-refractivity contribution in [1.29, 1.82) is 0 Å². The summed E-state index contributed by atoms with van der Waals surface area (Å²) in [6.45, 7) is 1.52. The molecule has 0 saturated carbocycles. The molecule has 4 rings (SSSR count). The van der Waals surface area contributed by atoms with Crippen molar-refractivity contribution >= 4 is 22.8 Å². The number of nitrogens with zero attached hydrogens (tertiary/aromatic N) is 3. The summed E-state index contributed by atoms with van der Waals surface area (Å²) in [6, 6.07) is 12.1. The maximum Gasteiger partial charge on any atom is 0.349 e. The van der Waals surface area contributed by atoms with Gasteiger partial charge in [-0.05, 0) is 24.3 Å². The van der Waals surface area contributed by atoms with Gasteiger partial charge in [-0.2, -0.15) is 0 Å². The molecule has 3 heterocycles. The van der Waals surface area contributed by atoms with E-state index in [9.17, 15) is 14.4 Å². The fraction of sp³-hybridized carbons (Fsp3) is 0.200. The van der Waals surface area contributed by atoms with E-state index in [1.165, 1.54) is 6.20 Å². The minimum absolute atomic E-state index is 0.0146. The van der Waals surface area contributed by atoms with Crippen LogP contribution in [0.5, 0.6) is 0 Å². The normalized spacial score (nSPS) is 14.4. The SMILES string of the molecule is O=C(c1cccnc1)N1CCN(C(=O)c2cc3ccccc3oc2=O)CC1. The van der Waals surface area contributed by atoms with E-state index >= 15 is 0 Å². The van der Waals surface area contributed by atoms with E-state index in [2.05, 4.69) is 4.98 Å². The molecule has 0 radical (unpaired) electrons. The van der Waals surface area contributed by atoms with Gasteiger partial charge in [-0.3, -0.25) is 14.6 Å². The van der Waals surface area contributed by atoms with E-state index in [1.54, 1.807) is 52.4 Å². The fourth-order valence-corrected chi connectivity index (χ4v) is 3.17. The molecule has 27 heavy (non-hydrogen) atoms. The number of para-hydroxylation sites is 1. The Hall–Kier alpha value is -3.48. The molecule has 1 fully saturated rings. The van der Waals surface area contributed by atoms with E-state index in [0.717, 1.165) is 0 Å². The van der Waals surface area contributed by atoms with Crippen molar-refractivity contribution in [2.45, 2.75) is 0 Å². The number of hydrogen-bond donors (Lipinski definition) is 0. The summed E-state index contributed by atoms with van der Waals surface area (Å²) in [6.07, 6.45) is 3.14. The van der Waals surface area contributed by atoms with Crippen LogP contribution < -0.4 is 5.63 Å². The molecule has 0 spiro atoms. The Morgan fingerprint density at radius 2 is 1.63 bits per heavy atom. The lowest BCUT2D eigenvalue weighted by Crippen LogP contribution is -2.51. The molecule has 0 unspecified atom stereocenters. The number of carbonyl (C=O) groups is 2. The number of benzene rings is 1.